The molecule has 0 aliphatic rings. The van der Waals surface area contributed by atoms with E-state index >= 15 is 0 Å². The quantitative estimate of drug-likeness (QED) is 0.840. The molecule has 0 spiro atoms. The number of carbonyl (C=O) groups is 1. The SMILES string of the molecule is COCC(C)(O)CNC(=O)c1ccc(Cl)cc1. The van der Waals surface area contributed by atoms with E-state index in [2.05, 4.69) is 5.32 Å². The highest BCUT2D eigenvalue weighted by molar-refractivity contribution is 6.30. The lowest BCUT2D eigenvalue weighted by Crippen LogP contribution is -2.43. The highest BCUT2D eigenvalue weighted by Crippen LogP contribution is 2.09. The van der Waals surface area contributed by atoms with Gasteiger partial charge in [0.2, 0.25) is 0 Å². The minimum Gasteiger partial charge on any atom is -0.386 e. The maximum atomic E-state index is 11.7. The van der Waals surface area contributed by atoms with Gasteiger partial charge in [-0.15, -0.1) is 0 Å². The Morgan fingerprint density at radius 1 is 1.47 bits per heavy atom. The van der Waals surface area contributed by atoms with Crippen LogP contribution >= 0.6 is 11.6 Å². The van der Waals surface area contributed by atoms with Crippen molar-refractivity contribution < 1.29 is 14.6 Å². The number of methoxy groups -OCH3 is 1. The minimum atomic E-state index is -1.07. The van der Waals surface area contributed by atoms with Gasteiger partial charge in [0.05, 0.1) is 6.61 Å². The van der Waals surface area contributed by atoms with E-state index in [9.17, 15) is 9.90 Å². The van der Waals surface area contributed by atoms with E-state index in [0.29, 0.717) is 10.6 Å². The van der Waals surface area contributed by atoms with Crippen LogP contribution in [0.4, 0.5) is 0 Å². The largest absolute Gasteiger partial charge is 0.386 e. The molecule has 1 unspecified atom stereocenters. The first kappa shape index (κ1) is 14.0. The molecule has 0 saturated heterocycles. The van der Waals surface area contributed by atoms with E-state index in [4.69, 9.17) is 16.3 Å². The molecule has 1 aromatic rings. The van der Waals surface area contributed by atoms with E-state index in [1.54, 1.807) is 31.2 Å². The third-order valence-electron chi connectivity index (χ3n) is 2.19. The number of rotatable bonds is 5. The first-order chi connectivity index (χ1) is 7.94. The van der Waals surface area contributed by atoms with E-state index in [0.717, 1.165) is 0 Å². The molecule has 1 amide bonds. The number of carbonyl (C=O) groups excluding carboxylic acids is 1. The van der Waals surface area contributed by atoms with Crippen LogP contribution in [0.2, 0.25) is 5.02 Å². The van der Waals surface area contributed by atoms with Crippen molar-refractivity contribution in [3.8, 4) is 0 Å². The van der Waals surface area contributed by atoms with Gasteiger partial charge in [-0.2, -0.15) is 0 Å². The third kappa shape index (κ3) is 4.73. The average Bonchev–Trinajstić information content (AvgIpc) is 2.27. The Morgan fingerprint density at radius 2 is 2.06 bits per heavy atom. The summed E-state index contributed by atoms with van der Waals surface area (Å²) in [6.45, 7) is 1.88. The van der Waals surface area contributed by atoms with Gasteiger partial charge in [0, 0.05) is 24.2 Å². The van der Waals surface area contributed by atoms with Gasteiger partial charge in [-0.05, 0) is 31.2 Å². The van der Waals surface area contributed by atoms with Crippen molar-refractivity contribution in [1.82, 2.24) is 5.32 Å². The second kappa shape index (κ2) is 6.00. The Labute approximate surface area is 106 Å². The van der Waals surface area contributed by atoms with Crippen molar-refractivity contribution in [2.75, 3.05) is 20.3 Å². The molecule has 0 saturated carbocycles. The summed E-state index contributed by atoms with van der Waals surface area (Å²) >= 11 is 5.72. The number of hydrogen-bond donors (Lipinski definition) is 2. The first-order valence-corrected chi connectivity index (χ1v) is 5.57. The van der Waals surface area contributed by atoms with Gasteiger partial charge in [0.1, 0.15) is 5.60 Å². The summed E-state index contributed by atoms with van der Waals surface area (Å²) in [7, 11) is 1.50. The van der Waals surface area contributed by atoms with Crippen LogP contribution in [0.25, 0.3) is 0 Å². The summed E-state index contributed by atoms with van der Waals surface area (Å²) in [5.41, 5.74) is -0.570. The standard InChI is InChI=1S/C12H16ClNO3/c1-12(16,8-17-2)7-14-11(15)9-3-5-10(13)6-4-9/h3-6,16H,7-8H2,1-2H3,(H,14,15). The topological polar surface area (TPSA) is 58.6 Å². The Hall–Kier alpha value is -1.10. The van der Waals surface area contributed by atoms with Crippen molar-refractivity contribution in [2.45, 2.75) is 12.5 Å². The van der Waals surface area contributed by atoms with E-state index in [-0.39, 0.29) is 19.1 Å². The summed E-state index contributed by atoms with van der Waals surface area (Å²) in [4.78, 5) is 11.7. The lowest BCUT2D eigenvalue weighted by molar-refractivity contribution is -0.0147. The molecule has 0 aliphatic heterocycles. The number of aliphatic hydroxyl groups is 1. The van der Waals surface area contributed by atoms with Gasteiger partial charge in [0.25, 0.3) is 5.91 Å². The first-order valence-electron chi connectivity index (χ1n) is 5.20. The van der Waals surface area contributed by atoms with Crippen LogP contribution in [0, 0.1) is 0 Å². The predicted octanol–water partition coefficient (Wildman–Crippen LogP) is 1.47. The fourth-order valence-corrected chi connectivity index (χ4v) is 1.46. The fraction of sp³-hybridized carbons (Fsp3) is 0.417. The van der Waals surface area contributed by atoms with Crippen LogP contribution in [0.15, 0.2) is 24.3 Å². The molecule has 1 rings (SSSR count). The van der Waals surface area contributed by atoms with E-state index < -0.39 is 5.60 Å². The minimum absolute atomic E-state index is 0.127. The van der Waals surface area contributed by atoms with Crippen molar-refractivity contribution >= 4 is 17.5 Å². The number of halogens is 1. The van der Waals surface area contributed by atoms with Crippen molar-refractivity contribution in [2.24, 2.45) is 0 Å². The second-order valence-corrected chi connectivity index (χ2v) is 4.56. The molecular formula is C12H16ClNO3. The molecule has 17 heavy (non-hydrogen) atoms. The number of nitrogens with one attached hydrogen (secondary N) is 1. The Bertz CT molecular complexity index is 376. The molecule has 0 aromatic heterocycles. The highest BCUT2D eigenvalue weighted by Gasteiger charge is 2.21. The molecule has 5 heteroatoms. The van der Waals surface area contributed by atoms with Crippen LogP contribution in [-0.2, 0) is 4.74 Å². The lowest BCUT2D eigenvalue weighted by Gasteiger charge is -2.22. The maximum absolute atomic E-state index is 11.7. The number of amides is 1. The Balaban J connectivity index is 2.53. The zero-order valence-electron chi connectivity index (χ0n) is 9.87. The van der Waals surface area contributed by atoms with Crippen LogP contribution in [0.3, 0.4) is 0 Å². The Kier molecular flexibility index (Phi) is 4.93. The van der Waals surface area contributed by atoms with Gasteiger partial charge in [-0.25, -0.2) is 0 Å². The molecule has 0 radical (unpaired) electrons. The lowest BCUT2D eigenvalue weighted by atomic mass is 10.1. The summed E-state index contributed by atoms with van der Waals surface area (Å²) in [6, 6.07) is 6.54. The third-order valence-corrected chi connectivity index (χ3v) is 2.44. The van der Waals surface area contributed by atoms with E-state index in [1.165, 1.54) is 7.11 Å². The van der Waals surface area contributed by atoms with Crippen molar-refractivity contribution in [3.63, 3.8) is 0 Å². The summed E-state index contributed by atoms with van der Waals surface area (Å²) < 4.78 is 4.84. The summed E-state index contributed by atoms with van der Waals surface area (Å²) in [5.74, 6) is -0.252. The van der Waals surface area contributed by atoms with Crippen LogP contribution in [-0.4, -0.2) is 36.9 Å². The van der Waals surface area contributed by atoms with Crippen LogP contribution < -0.4 is 5.32 Å². The van der Waals surface area contributed by atoms with Gasteiger partial charge in [0.15, 0.2) is 0 Å². The van der Waals surface area contributed by atoms with Crippen molar-refractivity contribution in [1.29, 1.82) is 0 Å². The van der Waals surface area contributed by atoms with E-state index in [1.807, 2.05) is 0 Å². The predicted molar refractivity (Wildman–Crippen MR) is 66.3 cm³/mol. The molecule has 1 atom stereocenters. The molecule has 1 aromatic carbocycles. The monoisotopic (exact) mass is 257 g/mol. The van der Waals surface area contributed by atoms with Gasteiger partial charge in [-0.3, -0.25) is 4.79 Å². The molecule has 94 valence electrons. The van der Waals surface area contributed by atoms with Gasteiger partial charge in [-0.1, -0.05) is 11.6 Å². The zero-order valence-corrected chi connectivity index (χ0v) is 10.6. The highest BCUT2D eigenvalue weighted by atomic mass is 35.5. The van der Waals surface area contributed by atoms with Crippen molar-refractivity contribution in [3.05, 3.63) is 34.9 Å². The molecule has 0 bridgehead atoms. The number of ether oxygens (including phenoxy) is 1. The zero-order chi connectivity index (χ0) is 12.9. The number of hydrogen-bond acceptors (Lipinski definition) is 3. The molecule has 2 N–H and O–H groups in total. The molecule has 0 fully saturated rings. The smallest absolute Gasteiger partial charge is 0.251 e. The van der Waals surface area contributed by atoms with Gasteiger partial charge < -0.3 is 15.2 Å². The maximum Gasteiger partial charge on any atom is 0.251 e. The average molecular weight is 258 g/mol. The molecule has 0 aliphatic carbocycles. The fourth-order valence-electron chi connectivity index (χ4n) is 1.34. The summed E-state index contributed by atoms with van der Waals surface area (Å²) in [5, 5.41) is 13.0. The molecule has 0 heterocycles. The summed E-state index contributed by atoms with van der Waals surface area (Å²) in [6.07, 6.45) is 0. The normalized spacial score (nSPS) is 14.1. The molecular weight excluding hydrogens is 242 g/mol. The number of benzene rings is 1. The van der Waals surface area contributed by atoms with Crippen LogP contribution in [0.1, 0.15) is 17.3 Å². The van der Waals surface area contributed by atoms with Crippen LogP contribution in [0.5, 0.6) is 0 Å². The van der Waals surface area contributed by atoms with Gasteiger partial charge >= 0.3 is 0 Å². The Morgan fingerprint density at radius 3 is 2.59 bits per heavy atom. The molecule has 4 nitrogen and oxygen atoms in total. The second-order valence-electron chi connectivity index (χ2n) is 4.12.